The van der Waals surface area contributed by atoms with Crippen molar-refractivity contribution in [3.8, 4) is 22.6 Å². The van der Waals surface area contributed by atoms with Crippen LogP contribution in [-0.2, 0) is 0 Å². The molecule has 1 aromatic heterocycles. The van der Waals surface area contributed by atoms with Crippen LogP contribution < -0.4 is 9.47 Å². The van der Waals surface area contributed by atoms with E-state index in [0.717, 1.165) is 33.2 Å². The standard InChI is InChI=1S/C16H15NO2S/c1-10-17-13-6-4-12(9-16(13)20-10)11-5-7-14(18-2)15(8-11)19-3/h4-9H,1-3H3. The molecule has 0 aliphatic carbocycles. The summed E-state index contributed by atoms with van der Waals surface area (Å²) in [5.74, 6) is 1.48. The smallest absolute Gasteiger partial charge is 0.161 e. The number of nitrogens with zero attached hydrogens (tertiary/aromatic N) is 1. The van der Waals surface area contributed by atoms with Crippen molar-refractivity contribution in [2.75, 3.05) is 14.2 Å². The highest BCUT2D eigenvalue weighted by molar-refractivity contribution is 7.18. The average Bonchev–Trinajstić information content (AvgIpc) is 2.85. The van der Waals surface area contributed by atoms with Crippen molar-refractivity contribution in [3.05, 3.63) is 41.4 Å². The van der Waals surface area contributed by atoms with Crippen LogP contribution in [0.2, 0.25) is 0 Å². The molecule has 0 N–H and O–H groups in total. The van der Waals surface area contributed by atoms with Crippen molar-refractivity contribution in [2.24, 2.45) is 0 Å². The highest BCUT2D eigenvalue weighted by atomic mass is 32.1. The van der Waals surface area contributed by atoms with Gasteiger partial charge in [-0.15, -0.1) is 11.3 Å². The molecule has 3 aromatic rings. The van der Waals surface area contributed by atoms with Crippen LogP contribution in [-0.4, -0.2) is 19.2 Å². The summed E-state index contributed by atoms with van der Waals surface area (Å²) in [5.41, 5.74) is 3.31. The fraction of sp³-hybridized carbons (Fsp3) is 0.188. The maximum Gasteiger partial charge on any atom is 0.161 e. The summed E-state index contributed by atoms with van der Waals surface area (Å²) in [7, 11) is 3.29. The second-order valence-corrected chi connectivity index (χ2v) is 5.72. The number of fused-ring (bicyclic) bond motifs is 1. The van der Waals surface area contributed by atoms with Gasteiger partial charge in [-0.2, -0.15) is 0 Å². The van der Waals surface area contributed by atoms with Gasteiger partial charge < -0.3 is 9.47 Å². The fourth-order valence-corrected chi connectivity index (χ4v) is 3.10. The van der Waals surface area contributed by atoms with Crippen molar-refractivity contribution in [3.63, 3.8) is 0 Å². The molecule has 0 bridgehead atoms. The Morgan fingerprint density at radius 1 is 0.900 bits per heavy atom. The van der Waals surface area contributed by atoms with E-state index < -0.39 is 0 Å². The lowest BCUT2D eigenvalue weighted by atomic mass is 10.0. The number of rotatable bonds is 3. The molecule has 0 saturated heterocycles. The molecule has 0 fully saturated rings. The molecule has 3 nitrogen and oxygen atoms in total. The van der Waals surface area contributed by atoms with Gasteiger partial charge in [-0.25, -0.2) is 4.98 Å². The number of hydrogen-bond acceptors (Lipinski definition) is 4. The van der Waals surface area contributed by atoms with Gasteiger partial charge in [0.2, 0.25) is 0 Å². The first kappa shape index (κ1) is 12.9. The summed E-state index contributed by atoms with van der Waals surface area (Å²) in [6, 6.07) is 12.3. The summed E-state index contributed by atoms with van der Waals surface area (Å²) < 4.78 is 11.8. The number of aromatic nitrogens is 1. The zero-order valence-corrected chi connectivity index (χ0v) is 12.5. The van der Waals surface area contributed by atoms with Gasteiger partial charge in [-0.05, 0) is 42.3 Å². The summed E-state index contributed by atoms with van der Waals surface area (Å²) in [6.07, 6.45) is 0. The van der Waals surface area contributed by atoms with Gasteiger partial charge in [0, 0.05) is 0 Å². The molecule has 0 aliphatic heterocycles. The first-order valence-corrected chi connectivity index (χ1v) is 7.12. The first-order chi connectivity index (χ1) is 9.71. The van der Waals surface area contributed by atoms with Crippen LogP contribution in [0.3, 0.4) is 0 Å². The second-order valence-electron chi connectivity index (χ2n) is 4.49. The van der Waals surface area contributed by atoms with Gasteiger partial charge in [-0.1, -0.05) is 12.1 Å². The van der Waals surface area contributed by atoms with Crippen LogP contribution in [0.25, 0.3) is 21.3 Å². The zero-order valence-electron chi connectivity index (χ0n) is 11.6. The van der Waals surface area contributed by atoms with Gasteiger partial charge in [0.1, 0.15) is 0 Å². The Labute approximate surface area is 121 Å². The molecular formula is C16H15NO2S. The molecule has 2 aromatic carbocycles. The summed E-state index contributed by atoms with van der Waals surface area (Å²) in [4.78, 5) is 4.48. The molecule has 20 heavy (non-hydrogen) atoms. The molecule has 0 saturated carbocycles. The minimum Gasteiger partial charge on any atom is -0.493 e. The molecule has 0 unspecified atom stereocenters. The highest BCUT2D eigenvalue weighted by Gasteiger charge is 2.08. The molecule has 0 atom stereocenters. The van der Waals surface area contributed by atoms with Gasteiger partial charge in [0.05, 0.1) is 29.4 Å². The predicted molar refractivity (Wildman–Crippen MR) is 82.9 cm³/mol. The molecule has 3 rings (SSSR count). The minimum atomic E-state index is 0.741. The Morgan fingerprint density at radius 3 is 2.35 bits per heavy atom. The van der Waals surface area contributed by atoms with Crippen molar-refractivity contribution in [2.45, 2.75) is 6.92 Å². The largest absolute Gasteiger partial charge is 0.493 e. The Bertz CT molecular complexity index is 764. The van der Waals surface area contributed by atoms with Crippen molar-refractivity contribution in [1.82, 2.24) is 4.98 Å². The molecule has 0 aliphatic rings. The molecule has 0 spiro atoms. The lowest BCUT2D eigenvalue weighted by Gasteiger charge is -2.09. The summed E-state index contributed by atoms with van der Waals surface area (Å²) >= 11 is 1.71. The Balaban J connectivity index is 2.09. The SMILES string of the molecule is COc1ccc(-c2ccc3nc(C)sc3c2)cc1OC. The minimum absolute atomic E-state index is 0.741. The topological polar surface area (TPSA) is 31.4 Å². The van der Waals surface area contributed by atoms with E-state index in [1.165, 1.54) is 4.70 Å². The van der Waals surface area contributed by atoms with E-state index in [9.17, 15) is 0 Å². The normalized spacial score (nSPS) is 10.8. The number of benzene rings is 2. The number of ether oxygens (including phenoxy) is 2. The average molecular weight is 285 g/mol. The Kier molecular flexibility index (Phi) is 3.32. The second kappa shape index (κ2) is 5.13. The van der Waals surface area contributed by atoms with Gasteiger partial charge >= 0.3 is 0 Å². The molecule has 4 heteroatoms. The Hall–Kier alpha value is -2.07. The number of thiazole rings is 1. The van der Waals surface area contributed by atoms with E-state index in [1.54, 1.807) is 25.6 Å². The van der Waals surface area contributed by atoms with E-state index >= 15 is 0 Å². The molecule has 1 heterocycles. The summed E-state index contributed by atoms with van der Waals surface area (Å²) in [5, 5.41) is 1.09. The monoisotopic (exact) mass is 285 g/mol. The highest BCUT2D eigenvalue weighted by Crippen LogP contribution is 2.34. The maximum absolute atomic E-state index is 5.36. The van der Waals surface area contributed by atoms with Gasteiger partial charge in [0.15, 0.2) is 11.5 Å². The van der Waals surface area contributed by atoms with E-state index in [-0.39, 0.29) is 0 Å². The third kappa shape index (κ3) is 2.23. The zero-order chi connectivity index (χ0) is 14.1. The molecule has 0 amide bonds. The van der Waals surface area contributed by atoms with Crippen LogP contribution in [0.1, 0.15) is 5.01 Å². The Morgan fingerprint density at radius 2 is 1.60 bits per heavy atom. The van der Waals surface area contributed by atoms with Crippen molar-refractivity contribution >= 4 is 21.6 Å². The molecule has 102 valence electrons. The molecule has 0 radical (unpaired) electrons. The third-order valence-corrected chi connectivity index (χ3v) is 4.15. The van der Waals surface area contributed by atoms with Gasteiger partial charge in [0.25, 0.3) is 0 Å². The lowest BCUT2D eigenvalue weighted by Crippen LogP contribution is -1.90. The number of methoxy groups -OCH3 is 2. The lowest BCUT2D eigenvalue weighted by molar-refractivity contribution is 0.355. The summed E-state index contributed by atoms with van der Waals surface area (Å²) in [6.45, 7) is 2.03. The predicted octanol–water partition coefficient (Wildman–Crippen LogP) is 4.29. The van der Waals surface area contributed by atoms with Crippen LogP contribution in [0.4, 0.5) is 0 Å². The van der Waals surface area contributed by atoms with E-state index in [1.807, 2.05) is 25.1 Å². The van der Waals surface area contributed by atoms with Crippen molar-refractivity contribution in [1.29, 1.82) is 0 Å². The van der Waals surface area contributed by atoms with E-state index in [0.29, 0.717) is 0 Å². The van der Waals surface area contributed by atoms with E-state index in [2.05, 4.69) is 23.2 Å². The van der Waals surface area contributed by atoms with Crippen LogP contribution in [0.15, 0.2) is 36.4 Å². The number of hydrogen-bond donors (Lipinski definition) is 0. The fourth-order valence-electron chi connectivity index (χ4n) is 2.24. The van der Waals surface area contributed by atoms with Crippen molar-refractivity contribution < 1.29 is 9.47 Å². The quantitative estimate of drug-likeness (QED) is 0.719. The van der Waals surface area contributed by atoms with Crippen LogP contribution >= 0.6 is 11.3 Å². The number of aryl methyl sites for hydroxylation is 1. The third-order valence-electron chi connectivity index (χ3n) is 3.21. The van der Waals surface area contributed by atoms with Crippen LogP contribution in [0, 0.1) is 6.92 Å². The van der Waals surface area contributed by atoms with E-state index in [4.69, 9.17) is 9.47 Å². The van der Waals surface area contributed by atoms with Crippen LogP contribution in [0.5, 0.6) is 11.5 Å². The van der Waals surface area contributed by atoms with Gasteiger partial charge in [-0.3, -0.25) is 0 Å². The first-order valence-electron chi connectivity index (χ1n) is 6.31. The maximum atomic E-state index is 5.36. The molecular weight excluding hydrogens is 270 g/mol.